The van der Waals surface area contributed by atoms with Crippen molar-refractivity contribution < 1.29 is 4.42 Å². The molecule has 0 bridgehead atoms. The Morgan fingerprint density at radius 3 is 2.16 bits per heavy atom. The second-order valence-electron chi connectivity index (χ2n) is 13.5. The van der Waals surface area contributed by atoms with Crippen LogP contribution in [0.15, 0.2) is 194 Å². The highest BCUT2D eigenvalue weighted by Gasteiger charge is 2.27. The van der Waals surface area contributed by atoms with Crippen LogP contribution in [0, 0.1) is 0 Å². The molecule has 2 unspecified atom stereocenters. The number of nitrogens with zero attached hydrogens (tertiary/aromatic N) is 1. The largest absolute Gasteiger partial charge is 0.455 e. The zero-order chi connectivity index (χ0) is 37.7. The van der Waals surface area contributed by atoms with Gasteiger partial charge in [-0.05, 0) is 71.7 Å². The van der Waals surface area contributed by atoms with E-state index in [0.717, 1.165) is 66.6 Å². The molecule has 8 aromatic rings. The van der Waals surface area contributed by atoms with Crippen LogP contribution < -0.4 is 10.6 Å². The quantitative estimate of drug-likeness (QED) is 0.154. The van der Waals surface area contributed by atoms with Gasteiger partial charge in [0.2, 0.25) is 0 Å². The molecular formula is C51H43N3O. The molecule has 1 aliphatic rings. The van der Waals surface area contributed by atoms with Gasteiger partial charge < -0.3 is 14.3 Å². The number of furan rings is 1. The molecule has 6 aromatic carbocycles. The van der Waals surface area contributed by atoms with E-state index in [1.807, 2.05) is 30.4 Å². The molecule has 0 radical (unpaired) electrons. The number of para-hydroxylation sites is 3. The first kappa shape index (κ1) is 35.2. The average molecular weight is 714 g/mol. The van der Waals surface area contributed by atoms with Crippen molar-refractivity contribution in [3.63, 3.8) is 0 Å². The molecule has 55 heavy (non-hydrogen) atoms. The Labute approximate surface area is 322 Å². The smallest absolute Gasteiger partial charge is 0.143 e. The predicted octanol–water partition coefficient (Wildman–Crippen LogP) is 13.6. The van der Waals surface area contributed by atoms with Gasteiger partial charge in [0.05, 0.1) is 17.3 Å². The molecular weight excluding hydrogens is 671 g/mol. The molecule has 0 saturated heterocycles. The minimum absolute atomic E-state index is 0.0437. The van der Waals surface area contributed by atoms with Crippen molar-refractivity contribution in [3.05, 3.63) is 218 Å². The van der Waals surface area contributed by atoms with Gasteiger partial charge in [-0.3, -0.25) is 5.32 Å². The van der Waals surface area contributed by atoms with E-state index in [2.05, 4.69) is 181 Å². The lowest BCUT2D eigenvalue weighted by atomic mass is 9.93. The van der Waals surface area contributed by atoms with Crippen LogP contribution in [0.3, 0.4) is 0 Å². The number of benzene rings is 6. The van der Waals surface area contributed by atoms with E-state index in [1.165, 1.54) is 16.7 Å². The zero-order valence-electron chi connectivity index (χ0n) is 31.0. The molecule has 268 valence electrons. The fraction of sp³-hybridized carbons (Fsp3) is 0.0588. The summed E-state index contributed by atoms with van der Waals surface area (Å²) < 4.78 is 8.75. The fourth-order valence-corrected chi connectivity index (χ4v) is 7.70. The van der Waals surface area contributed by atoms with Crippen LogP contribution in [0.2, 0.25) is 0 Å². The number of rotatable bonds is 8. The maximum atomic E-state index is 6.41. The minimum Gasteiger partial charge on any atom is -0.455 e. The van der Waals surface area contributed by atoms with Crippen molar-refractivity contribution in [3.8, 4) is 16.8 Å². The summed E-state index contributed by atoms with van der Waals surface area (Å²) in [6, 6.07) is 49.6. The zero-order valence-corrected chi connectivity index (χ0v) is 31.0. The maximum absolute atomic E-state index is 6.41. The summed E-state index contributed by atoms with van der Waals surface area (Å²) in [6.45, 7) is 13.2. The van der Waals surface area contributed by atoms with Gasteiger partial charge in [-0.2, -0.15) is 0 Å². The van der Waals surface area contributed by atoms with Gasteiger partial charge in [0.15, 0.2) is 0 Å². The van der Waals surface area contributed by atoms with E-state index in [0.29, 0.717) is 0 Å². The van der Waals surface area contributed by atoms with Gasteiger partial charge in [-0.25, -0.2) is 0 Å². The van der Waals surface area contributed by atoms with E-state index in [9.17, 15) is 0 Å². The third-order valence-corrected chi connectivity index (χ3v) is 10.2. The highest BCUT2D eigenvalue weighted by Crippen LogP contribution is 2.40. The molecule has 0 aliphatic carbocycles. The molecule has 1 aliphatic heterocycles. The molecule has 2 aromatic heterocycles. The third-order valence-electron chi connectivity index (χ3n) is 10.2. The SMILES string of the molecule is C=C/C=C\C=C.C=Cc1c(/C=C\C)n(-c2ccc(C3Nc4ccccc4C(c4ccccc4)N3)cc2)c2ccc(-c3cccc4c3oc3ccccc34)cc12. The molecule has 2 N–H and O–H groups in total. The fourth-order valence-electron chi connectivity index (χ4n) is 7.70. The Morgan fingerprint density at radius 2 is 1.40 bits per heavy atom. The number of hydrogen-bond acceptors (Lipinski definition) is 3. The Bertz CT molecular complexity index is 2720. The molecule has 0 amide bonds. The summed E-state index contributed by atoms with van der Waals surface area (Å²) in [5, 5.41) is 11.0. The van der Waals surface area contributed by atoms with Crippen LogP contribution in [0.25, 0.3) is 61.8 Å². The van der Waals surface area contributed by atoms with E-state index in [-0.39, 0.29) is 12.2 Å². The Kier molecular flexibility index (Phi) is 9.98. The monoisotopic (exact) mass is 713 g/mol. The topological polar surface area (TPSA) is 42.1 Å². The van der Waals surface area contributed by atoms with Crippen LogP contribution in [0.4, 0.5) is 5.69 Å². The summed E-state index contributed by atoms with van der Waals surface area (Å²) in [5.74, 6) is 0. The molecule has 2 atom stereocenters. The van der Waals surface area contributed by atoms with Crippen LogP contribution in [-0.2, 0) is 0 Å². The number of hydrogen-bond donors (Lipinski definition) is 2. The summed E-state index contributed by atoms with van der Waals surface area (Å²) in [7, 11) is 0. The van der Waals surface area contributed by atoms with Gasteiger partial charge in [0.25, 0.3) is 0 Å². The van der Waals surface area contributed by atoms with Gasteiger partial charge in [0, 0.05) is 38.7 Å². The Hall–Kier alpha value is -6.88. The van der Waals surface area contributed by atoms with Gasteiger partial charge >= 0.3 is 0 Å². The van der Waals surface area contributed by atoms with Crippen molar-refractivity contribution in [1.82, 2.24) is 9.88 Å². The van der Waals surface area contributed by atoms with Crippen molar-refractivity contribution in [2.45, 2.75) is 19.1 Å². The van der Waals surface area contributed by atoms with E-state index < -0.39 is 0 Å². The second-order valence-corrected chi connectivity index (χ2v) is 13.5. The summed E-state index contributed by atoms with van der Waals surface area (Å²) in [4.78, 5) is 0. The van der Waals surface area contributed by atoms with E-state index in [4.69, 9.17) is 4.42 Å². The molecule has 0 saturated carbocycles. The number of anilines is 1. The van der Waals surface area contributed by atoms with Crippen LogP contribution in [-0.4, -0.2) is 4.57 Å². The number of allylic oxidation sites excluding steroid dienone is 5. The average Bonchev–Trinajstić information content (AvgIpc) is 3.78. The van der Waals surface area contributed by atoms with E-state index in [1.54, 1.807) is 12.2 Å². The van der Waals surface area contributed by atoms with Gasteiger partial charge in [0.1, 0.15) is 17.3 Å². The van der Waals surface area contributed by atoms with Gasteiger partial charge in [-0.15, -0.1) is 0 Å². The van der Waals surface area contributed by atoms with E-state index >= 15 is 0 Å². The molecule has 3 heterocycles. The van der Waals surface area contributed by atoms with Crippen LogP contribution in [0.1, 0.15) is 47.1 Å². The lowest BCUT2D eigenvalue weighted by Crippen LogP contribution is -2.37. The first-order chi connectivity index (χ1) is 27.1. The molecule has 0 spiro atoms. The minimum atomic E-state index is -0.0437. The lowest BCUT2D eigenvalue weighted by Gasteiger charge is -2.35. The first-order valence-electron chi connectivity index (χ1n) is 18.6. The standard InChI is InChI=1S/C45H35N3O.C6H8/c1-3-13-40-33(4-2)38-28-31(34-18-12-19-36-35-16-9-11-21-42(35)49-44(34)36)24-27-41(38)48(40)32-25-22-30(23-26-32)45-46-39-20-10-8-17-37(39)43(47-45)29-14-6-5-7-15-29;1-3-5-6-4-2/h3-28,43,45-47H,2H2,1H3;3-6H,1-2H2/b13-3-;6-5-. The number of aromatic nitrogens is 1. The third kappa shape index (κ3) is 6.65. The van der Waals surface area contributed by atoms with Crippen molar-refractivity contribution >= 4 is 50.7 Å². The Morgan fingerprint density at radius 1 is 0.673 bits per heavy atom. The van der Waals surface area contributed by atoms with Crippen molar-refractivity contribution in [2.75, 3.05) is 5.32 Å². The normalized spacial score (nSPS) is 15.1. The highest BCUT2D eigenvalue weighted by atomic mass is 16.3. The summed E-state index contributed by atoms with van der Waals surface area (Å²) >= 11 is 0. The summed E-state index contributed by atoms with van der Waals surface area (Å²) in [6.07, 6.45) is 13.3. The molecule has 4 nitrogen and oxygen atoms in total. The number of fused-ring (bicyclic) bond motifs is 5. The summed E-state index contributed by atoms with van der Waals surface area (Å²) in [5.41, 5.74) is 13.3. The number of nitrogens with one attached hydrogen (secondary N) is 2. The van der Waals surface area contributed by atoms with Crippen molar-refractivity contribution in [1.29, 1.82) is 0 Å². The van der Waals surface area contributed by atoms with Crippen LogP contribution in [0.5, 0.6) is 0 Å². The molecule has 4 heteroatoms. The van der Waals surface area contributed by atoms with Crippen LogP contribution >= 0.6 is 0 Å². The second kappa shape index (κ2) is 15.6. The van der Waals surface area contributed by atoms with Gasteiger partial charge in [-0.1, -0.05) is 159 Å². The highest BCUT2D eigenvalue weighted by molar-refractivity contribution is 6.10. The first-order valence-corrected chi connectivity index (χ1v) is 18.6. The molecule has 0 fully saturated rings. The molecule has 9 rings (SSSR count). The maximum Gasteiger partial charge on any atom is 0.143 e. The predicted molar refractivity (Wildman–Crippen MR) is 235 cm³/mol. The Balaban J connectivity index is 0.000000661. The lowest BCUT2D eigenvalue weighted by molar-refractivity contribution is 0.506. The van der Waals surface area contributed by atoms with Crippen molar-refractivity contribution in [2.24, 2.45) is 0 Å².